The van der Waals surface area contributed by atoms with Crippen molar-refractivity contribution >= 4 is 5.91 Å². The van der Waals surface area contributed by atoms with Crippen molar-refractivity contribution in [2.75, 3.05) is 6.54 Å². The summed E-state index contributed by atoms with van der Waals surface area (Å²) in [6.07, 6.45) is 0.236. The maximum atomic E-state index is 12.4. The average Bonchev–Trinajstić information content (AvgIpc) is 2.36. The van der Waals surface area contributed by atoms with E-state index in [0.29, 0.717) is 18.9 Å². The Bertz CT molecular complexity index is 401. The van der Waals surface area contributed by atoms with Gasteiger partial charge in [0.1, 0.15) is 0 Å². The van der Waals surface area contributed by atoms with E-state index in [-0.39, 0.29) is 17.7 Å². The zero-order valence-corrected chi connectivity index (χ0v) is 13.0. The van der Waals surface area contributed by atoms with Crippen LogP contribution >= 0.6 is 0 Å². The van der Waals surface area contributed by atoms with Gasteiger partial charge in [-0.2, -0.15) is 0 Å². The second kappa shape index (κ2) is 8.05. The molecule has 2 unspecified atom stereocenters. The molecular weight excluding hydrogens is 250 g/mol. The monoisotopic (exact) mass is 277 g/mol. The van der Waals surface area contributed by atoms with Gasteiger partial charge in [0.25, 0.3) is 0 Å². The van der Waals surface area contributed by atoms with Crippen LogP contribution in [0.5, 0.6) is 0 Å². The highest BCUT2D eigenvalue weighted by Crippen LogP contribution is 2.24. The van der Waals surface area contributed by atoms with Gasteiger partial charge >= 0.3 is 0 Å². The molecule has 0 fully saturated rings. The second-order valence-electron chi connectivity index (χ2n) is 6.16. The van der Waals surface area contributed by atoms with Crippen LogP contribution < -0.4 is 5.32 Å². The summed E-state index contributed by atoms with van der Waals surface area (Å²) in [4.78, 5) is 12.4. The molecule has 112 valence electrons. The molecule has 1 aromatic carbocycles. The highest BCUT2D eigenvalue weighted by atomic mass is 16.3. The lowest BCUT2D eigenvalue weighted by atomic mass is 9.87. The minimum Gasteiger partial charge on any atom is -0.391 e. The van der Waals surface area contributed by atoms with Crippen molar-refractivity contribution in [3.8, 4) is 0 Å². The first-order valence-electron chi connectivity index (χ1n) is 7.42. The van der Waals surface area contributed by atoms with Crippen molar-refractivity contribution < 1.29 is 9.90 Å². The van der Waals surface area contributed by atoms with E-state index >= 15 is 0 Å². The Kier molecular flexibility index (Phi) is 6.73. The molecule has 3 nitrogen and oxygen atoms in total. The van der Waals surface area contributed by atoms with E-state index in [2.05, 4.69) is 19.2 Å². The minimum absolute atomic E-state index is 0.00555. The number of carbonyl (C=O) groups excluding carboxylic acids is 1. The maximum absolute atomic E-state index is 12.4. The molecule has 0 radical (unpaired) electrons. The first-order chi connectivity index (χ1) is 9.41. The van der Waals surface area contributed by atoms with Crippen LogP contribution in [0.2, 0.25) is 0 Å². The Morgan fingerprint density at radius 1 is 1.15 bits per heavy atom. The number of hydrogen-bond donors (Lipinski definition) is 2. The van der Waals surface area contributed by atoms with E-state index in [0.717, 1.165) is 5.56 Å². The van der Waals surface area contributed by atoms with Gasteiger partial charge in [-0.25, -0.2) is 0 Å². The van der Waals surface area contributed by atoms with Crippen LogP contribution in [-0.4, -0.2) is 23.7 Å². The lowest BCUT2D eigenvalue weighted by Gasteiger charge is -2.22. The molecule has 0 aromatic heterocycles. The van der Waals surface area contributed by atoms with Gasteiger partial charge in [0.15, 0.2) is 0 Å². The van der Waals surface area contributed by atoms with Gasteiger partial charge < -0.3 is 10.4 Å². The van der Waals surface area contributed by atoms with Crippen molar-refractivity contribution in [1.29, 1.82) is 0 Å². The molecule has 0 spiro atoms. The van der Waals surface area contributed by atoms with Gasteiger partial charge in [-0.15, -0.1) is 0 Å². The average molecular weight is 277 g/mol. The Labute approximate surface area is 122 Å². The molecule has 0 heterocycles. The number of rotatable bonds is 7. The fourth-order valence-corrected chi connectivity index (χ4v) is 2.46. The van der Waals surface area contributed by atoms with Gasteiger partial charge in [-0.05, 0) is 23.8 Å². The number of aliphatic hydroxyl groups excluding tert-OH is 1. The first kappa shape index (κ1) is 16.7. The number of benzene rings is 1. The maximum Gasteiger partial charge on any atom is 0.227 e. The third kappa shape index (κ3) is 5.33. The smallest absolute Gasteiger partial charge is 0.227 e. The summed E-state index contributed by atoms with van der Waals surface area (Å²) in [5, 5.41) is 12.7. The van der Waals surface area contributed by atoms with Gasteiger partial charge in [-0.3, -0.25) is 4.79 Å². The topological polar surface area (TPSA) is 49.3 Å². The number of amides is 1. The van der Waals surface area contributed by atoms with Crippen molar-refractivity contribution in [1.82, 2.24) is 5.32 Å². The fourth-order valence-electron chi connectivity index (χ4n) is 2.46. The number of aliphatic hydroxyl groups is 1. The summed E-state index contributed by atoms with van der Waals surface area (Å²) in [5.41, 5.74) is 1.03. The summed E-state index contributed by atoms with van der Waals surface area (Å²) in [6.45, 7) is 8.54. The zero-order valence-electron chi connectivity index (χ0n) is 13.0. The normalized spacial score (nSPS) is 14.3. The Hall–Kier alpha value is -1.35. The van der Waals surface area contributed by atoms with Crippen molar-refractivity contribution in [3.63, 3.8) is 0 Å². The minimum atomic E-state index is -0.470. The molecule has 2 N–H and O–H groups in total. The largest absolute Gasteiger partial charge is 0.391 e. The van der Waals surface area contributed by atoms with E-state index in [4.69, 9.17) is 0 Å². The number of hydrogen-bond acceptors (Lipinski definition) is 2. The van der Waals surface area contributed by atoms with Crippen LogP contribution in [0.4, 0.5) is 0 Å². The van der Waals surface area contributed by atoms with Crippen LogP contribution in [0.3, 0.4) is 0 Å². The second-order valence-corrected chi connectivity index (χ2v) is 6.16. The van der Waals surface area contributed by atoms with Crippen LogP contribution in [0, 0.1) is 11.8 Å². The predicted octanol–water partition coefficient (Wildman–Crippen LogP) is 2.95. The van der Waals surface area contributed by atoms with Crippen molar-refractivity contribution in [2.24, 2.45) is 11.8 Å². The summed E-state index contributed by atoms with van der Waals surface area (Å²) in [6, 6.07) is 9.81. The number of carbonyl (C=O) groups is 1. The molecule has 3 heteroatoms. The highest BCUT2D eigenvalue weighted by Gasteiger charge is 2.24. The summed E-state index contributed by atoms with van der Waals surface area (Å²) in [5.74, 6) is 0.480. The summed E-state index contributed by atoms with van der Waals surface area (Å²) in [7, 11) is 0. The predicted molar refractivity (Wildman–Crippen MR) is 82.5 cm³/mol. The van der Waals surface area contributed by atoms with Crippen molar-refractivity contribution in [3.05, 3.63) is 35.9 Å². The lowest BCUT2D eigenvalue weighted by molar-refractivity contribution is -0.124. The van der Waals surface area contributed by atoms with E-state index < -0.39 is 6.10 Å². The fraction of sp³-hybridized carbons (Fsp3) is 0.588. The molecule has 0 aliphatic carbocycles. The third-order valence-electron chi connectivity index (χ3n) is 3.36. The Balaban J connectivity index is 2.62. The van der Waals surface area contributed by atoms with Gasteiger partial charge in [0, 0.05) is 6.54 Å². The van der Waals surface area contributed by atoms with Gasteiger partial charge in [0.2, 0.25) is 5.91 Å². The molecule has 2 atom stereocenters. The van der Waals surface area contributed by atoms with Crippen molar-refractivity contribution in [2.45, 2.75) is 46.1 Å². The van der Waals surface area contributed by atoms with Crippen LogP contribution in [0.25, 0.3) is 0 Å². The molecule has 20 heavy (non-hydrogen) atoms. The highest BCUT2D eigenvalue weighted by molar-refractivity contribution is 5.83. The molecular formula is C17H27NO2. The van der Waals surface area contributed by atoms with E-state index in [1.807, 2.05) is 44.2 Å². The lowest BCUT2D eigenvalue weighted by Crippen LogP contribution is -2.37. The Morgan fingerprint density at radius 2 is 1.75 bits per heavy atom. The molecule has 1 aromatic rings. The molecule has 0 aliphatic rings. The number of nitrogens with one attached hydrogen (secondary N) is 1. The van der Waals surface area contributed by atoms with E-state index in [9.17, 15) is 9.90 Å². The third-order valence-corrected chi connectivity index (χ3v) is 3.36. The van der Waals surface area contributed by atoms with Gasteiger partial charge in [0.05, 0.1) is 12.0 Å². The van der Waals surface area contributed by atoms with E-state index in [1.165, 1.54) is 0 Å². The van der Waals surface area contributed by atoms with Crippen LogP contribution in [0.15, 0.2) is 30.3 Å². The molecule has 0 bridgehead atoms. The first-order valence-corrected chi connectivity index (χ1v) is 7.42. The van der Waals surface area contributed by atoms with Gasteiger partial charge in [-0.1, -0.05) is 58.0 Å². The molecule has 0 aliphatic heterocycles. The summed E-state index contributed by atoms with van der Waals surface area (Å²) < 4.78 is 0. The summed E-state index contributed by atoms with van der Waals surface area (Å²) >= 11 is 0. The zero-order chi connectivity index (χ0) is 15.1. The van der Waals surface area contributed by atoms with Crippen LogP contribution in [-0.2, 0) is 4.79 Å². The van der Waals surface area contributed by atoms with E-state index in [1.54, 1.807) is 0 Å². The molecule has 0 saturated carbocycles. The molecule has 1 amide bonds. The SMILES string of the molecule is CC(C)CC(O)CNC(=O)C(c1ccccc1)C(C)C. The molecule has 1 rings (SSSR count). The Morgan fingerprint density at radius 3 is 2.25 bits per heavy atom. The van der Waals surface area contributed by atoms with Crippen LogP contribution in [0.1, 0.15) is 45.6 Å². The molecule has 0 saturated heterocycles. The quantitative estimate of drug-likeness (QED) is 0.805. The standard InChI is InChI=1S/C17H27NO2/c1-12(2)10-15(19)11-18-17(20)16(13(3)4)14-8-6-5-7-9-14/h5-9,12-13,15-16,19H,10-11H2,1-4H3,(H,18,20).